The highest BCUT2D eigenvalue weighted by atomic mass is 16.6. The first kappa shape index (κ1) is 26.3. The van der Waals surface area contributed by atoms with Gasteiger partial charge in [-0.15, -0.1) is 0 Å². The number of ether oxygens (including phenoxy) is 1. The van der Waals surface area contributed by atoms with E-state index in [1.165, 1.54) is 6.07 Å². The molecule has 38 heavy (non-hydrogen) atoms. The summed E-state index contributed by atoms with van der Waals surface area (Å²) < 4.78 is 11.2. The molecule has 8 heteroatoms. The minimum Gasteiger partial charge on any atom is -0.446 e. The molecule has 1 aromatic rings. The van der Waals surface area contributed by atoms with Gasteiger partial charge in [-0.25, -0.2) is 9.59 Å². The van der Waals surface area contributed by atoms with E-state index in [1.54, 1.807) is 11.2 Å². The lowest BCUT2D eigenvalue weighted by atomic mass is 9.42. The zero-order valence-corrected chi connectivity index (χ0v) is 22.9. The molecule has 1 amide bonds. The maximum absolute atomic E-state index is 12.9. The molecular formula is C30H44N2O6. The maximum atomic E-state index is 12.9. The summed E-state index contributed by atoms with van der Waals surface area (Å²) in [5.41, 5.74) is -1.68. The van der Waals surface area contributed by atoms with Gasteiger partial charge in [-0.1, -0.05) is 13.8 Å². The standard InChI is InChI=1S/C30H44N2O6/c1-27-10-6-21(38-26(34)32-16-3-14-31-15-17-32)18-29(27,35)12-8-24-23(27)7-11-28(2)22(9-13-30(24,28)36)20-4-5-25(33)37-19-20/h4-5,19,21-24,31,35-36H,3,6-18H2,1-2H3/t21-,22+,23-,24+,27+,28+,29-,30-/m0/s1. The van der Waals surface area contributed by atoms with Crippen LogP contribution in [0.15, 0.2) is 27.6 Å². The van der Waals surface area contributed by atoms with Crippen molar-refractivity contribution in [2.75, 3.05) is 26.2 Å². The molecule has 1 saturated heterocycles. The minimum absolute atomic E-state index is 0.121. The largest absolute Gasteiger partial charge is 0.446 e. The summed E-state index contributed by atoms with van der Waals surface area (Å²) in [7, 11) is 0. The predicted molar refractivity (Wildman–Crippen MR) is 142 cm³/mol. The van der Waals surface area contributed by atoms with Crippen LogP contribution < -0.4 is 10.9 Å². The second-order valence-electron chi connectivity index (χ2n) is 13.4. The fourth-order valence-electron chi connectivity index (χ4n) is 9.63. The summed E-state index contributed by atoms with van der Waals surface area (Å²) in [5, 5.41) is 27.9. The Labute approximate surface area is 225 Å². The van der Waals surface area contributed by atoms with Crippen LogP contribution in [-0.4, -0.2) is 64.7 Å². The summed E-state index contributed by atoms with van der Waals surface area (Å²) in [6, 6.07) is 3.35. The van der Waals surface area contributed by atoms with Crippen LogP contribution in [0.4, 0.5) is 4.79 Å². The Bertz CT molecular complexity index is 1100. The molecule has 210 valence electrons. The molecule has 6 rings (SSSR count). The minimum atomic E-state index is -0.900. The monoisotopic (exact) mass is 528 g/mol. The number of carbonyl (C=O) groups excluding carboxylic acids is 1. The highest BCUT2D eigenvalue weighted by molar-refractivity contribution is 5.67. The summed E-state index contributed by atoms with van der Waals surface area (Å²) >= 11 is 0. The number of carbonyl (C=O) groups is 1. The molecule has 1 aliphatic heterocycles. The van der Waals surface area contributed by atoms with Crippen molar-refractivity contribution in [3.63, 3.8) is 0 Å². The van der Waals surface area contributed by atoms with Crippen molar-refractivity contribution in [2.45, 2.75) is 101 Å². The van der Waals surface area contributed by atoms with Crippen molar-refractivity contribution in [1.82, 2.24) is 10.2 Å². The van der Waals surface area contributed by atoms with Gasteiger partial charge in [-0.2, -0.15) is 0 Å². The number of fused-ring (bicyclic) bond motifs is 5. The molecular weight excluding hydrogens is 484 g/mol. The van der Waals surface area contributed by atoms with Crippen LogP contribution in [0.3, 0.4) is 0 Å². The molecule has 8 nitrogen and oxygen atoms in total. The van der Waals surface area contributed by atoms with E-state index in [4.69, 9.17) is 9.15 Å². The van der Waals surface area contributed by atoms with E-state index in [2.05, 4.69) is 19.2 Å². The lowest BCUT2D eigenvalue weighted by Crippen LogP contribution is -2.67. The van der Waals surface area contributed by atoms with Gasteiger partial charge in [-0.3, -0.25) is 0 Å². The van der Waals surface area contributed by atoms with Crippen LogP contribution in [0.25, 0.3) is 0 Å². The van der Waals surface area contributed by atoms with Gasteiger partial charge >= 0.3 is 11.7 Å². The van der Waals surface area contributed by atoms with E-state index in [0.29, 0.717) is 25.9 Å². The first-order valence-electron chi connectivity index (χ1n) is 14.8. The maximum Gasteiger partial charge on any atom is 0.410 e. The molecule has 0 unspecified atom stereocenters. The van der Waals surface area contributed by atoms with Gasteiger partial charge in [0.05, 0.1) is 17.5 Å². The average Bonchev–Trinajstić information content (AvgIpc) is 3.04. The summed E-state index contributed by atoms with van der Waals surface area (Å²) in [4.78, 5) is 26.2. The second kappa shape index (κ2) is 9.34. The van der Waals surface area contributed by atoms with Crippen LogP contribution in [0, 0.1) is 22.7 Å². The zero-order valence-electron chi connectivity index (χ0n) is 22.9. The Morgan fingerprint density at radius 2 is 1.79 bits per heavy atom. The summed E-state index contributed by atoms with van der Waals surface area (Å²) in [6.45, 7) is 7.52. The number of nitrogens with one attached hydrogen (secondary N) is 1. The van der Waals surface area contributed by atoms with Crippen molar-refractivity contribution in [3.05, 3.63) is 34.4 Å². The van der Waals surface area contributed by atoms with Gasteiger partial charge in [0.1, 0.15) is 6.10 Å². The Kier molecular flexibility index (Phi) is 6.47. The van der Waals surface area contributed by atoms with E-state index < -0.39 is 11.2 Å². The quantitative estimate of drug-likeness (QED) is 0.535. The van der Waals surface area contributed by atoms with E-state index in [1.807, 2.05) is 6.07 Å². The highest BCUT2D eigenvalue weighted by Crippen LogP contribution is 2.71. The molecule has 5 aliphatic rings. The summed E-state index contributed by atoms with van der Waals surface area (Å²) in [5.74, 6) is 0.492. The van der Waals surface area contributed by atoms with Crippen molar-refractivity contribution >= 4 is 6.09 Å². The van der Waals surface area contributed by atoms with Gasteiger partial charge in [0.15, 0.2) is 0 Å². The first-order valence-corrected chi connectivity index (χ1v) is 14.8. The van der Waals surface area contributed by atoms with E-state index in [9.17, 15) is 19.8 Å². The van der Waals surface area contributed by atoms with Gasteiger partial charge < -0.3 is 29.6 Å². The van der Waals surface area contributed by atoms with Crippen molar-refractivity contribution in [1.29, 1.82) is 0 Å². The van der Waals surface area contributed by atoms with Crippen LogP contribution in [0.1, 0.15) is 89.5 Å². The van der Waals surface area contributed by atoms with Crippen molar-refractivity contribution in [2.24, 2.45) is 22.7 Å². The second-order valence-corrected chi connectivity index (χ2v) is 13.4. The molecule has 8 atom stereocenters. The van der Waals surface area contributed by atoms with Crippen LogP contribution >= 0.6 is 0 Å². The van der Waals surface area contributed by atoms with Crippen LogP contribution in [0.2, 0.25) is 0 Å². The fraction of sp³-hybridized carbons (Fsp3) is 0.800. The molecule has 0 radical (unpaired) electrons. The number of nitrogens with zero attached hydrogens (tertiary/aromatic N) is 1. The molecule has 0 bridgehead atoms. The molecule has 0 spiro atoms. The Morgan fingerprint density at radius 1 is 1.00 bits per heavy atom. The molecule has 4 saturated carbocycles. The van der Waals surface area contributed by atoms with E-state index in [-0.39, 0.29) is 46.4 Å². The third-order valence-corrected chi connectivity index (χ3v) is 11.9. The van der Waals surface area contributed by atoms with Gasteiger partial charge in [0.25, 0.3) is 0 Å². The van der Waals surface area contributed by atoms with Gasteiger partial charge in [-0.05, 0) is 99.1 Å². The third-order valence-electron chi connectivity index (χ3n) is 11.9. The van der Waals surface area contributed by atoms with Crippen molar-refractivity contribution < 1.29 is 24.2 Å². The predicted octanol–water partition coefficient (Wildman–Crippen LogP) is 3.80. The summed E-state index contributed by atoms with van der Waals surface area (Å²) in [6.07, 6.45) is 8.84. The normalized spacial score (nSPS) is 44.9. The SMILES string of the molecule is C[C@]12CC[C@H](OC(=O)N3CCCNCC3)C[C@@]1(O)CC[C@@H]1[C@@H]2CC[C@]2(C)[C@@H](c3ccc(=O)oc3)CC[C@]12O. The lowest BCUT2D eigenvalue weighted by molar-refractivity contribution is -0.253. The molecule has 1 aromatic heterocycles. The number of hydrogen-bond acceptors (Lipinski definition) is 7. The molecule has 3 N–H and O–H groups in total. The lowest BCUT2D eigenvalue weighted by Gasteiger charge is -2.66. The van der Waals surface area contributed by atoms with E-state index in [0.717, 1.165) is 70.0 Å². The Hall–Kier alpha value is -1.90. The molecule has 2 heterocycles. The van der Waals surface area contributed by atoms with Gasteiger partial charge in [0, 0.05) is 37.5 Å². The molecule has 5 fully saturated rings. The Morgan fingerprint density at radius 3 is 2.58 bits per heavy atom. The third kappa shape index (κ3) is 3.88. The number of amides is 1. The smallest absolute Gasteiger partial charge is 0.410 e. The van der Waals surface area contributed by atoms with Gasteiger partial charge in [0.2, 0.25) is 0 Å². The van der Waals surface area contributed by atoms with Crippen molar-refractivity contribution in [3.8, 4) is 0 Å². The van der Waals surface area contributed by atoms with E-state index >= 15 is 0 Å². The zero-order chi connectivity index (χ0) is 26.8. The first-order chi connectivity index (χ1) is 18.1. The topological polar surface area (TPSA) is 112 Å². The number of aliphatic hydroxyl groups is 2. The van der Waals surface area contributed by atoms with Crippen LogP contribution in [-0.2, 0) is 4.74 Å². The fourth-order valence-corrected chi connectivity index (χ4v) is 9.63. The Balaban J connectivity index is 1.19. The van der Waals surface area contributed by atoms with Crippen LogP contribution in [0.5, 0.6) is 0 Å². The average molecular weight is 529 g/mol. The number of rotatable bonds is 2. The molecule has 4 aliphatic carbocycles. The highest BCUT2D eigenvalue weighted by Gasteiger charge is 2.70. The molecule has 0 aromatic carbocycles. The number of hydrogen-bond donors (Lipinski definition) is 3.